The van der Waals surface area contributed by atoms with Crippen molar-refractivity contribution in [2.24, 2.45) is 0 Å². The molecule has 1 unspecified atom stereocenters. The highest BCUT2D eigenvalue weighted by Gasteiger charge is 2.29. The molecule has 3 rings (SSSR count). The van der Waals surface area contributed by atoms with Crippen LogP contribution in [0.1, 0.15) is 12.8 Å². The molecule has 0 radical (unpaired) electrons. The molecule has 0 aliphatic carbocycles. The first-order chi connectivity index (χ1) is 9.95. The van der Waals surface area contributed by atoms with Crippen LogP contribution in [0.4, 0.5) is 6.01 Å². The molecule has 0 bridgehead atoms. The van der Waals surface area contributed by atoms with Crippen molar-refractivity contribution < 1.29 is 12.8 Å². The summed E-state index contributed by atoms with van der Waals surface area (Å²) in [5, 5.41) is 0. The summed E-state index contributed by atoms with van der Waals surface area (Å²) < 4.78 is 30.6. The van der Waals surface area contributed by atoms with Gasteiger partial charge >= 0.3 is 0 Å². The lowest BCUT2D eigenvalue weighted by atomic mass is 10.1. The smallest absolute Gasteiger partial charge is 0.298 e. The van der Waals surface area contributed by atoms with E-state index in [0.717, 1.165) is 30.5 Å². The van der Waals surface area contributed by atoms with Crippen LogP contribution < -0.4 is 4.90 Å². The summed E-state index contributed by atoms with van der Waals surface area (Å²) in [6, 6.07) is 8.16. The standard InChI is InChI=1S/C14H19N3O3S/c1-16(21(2,18)19)11-6-5-9-17(10-11)14-15-12-7-3-4-8-13(12)20-14/h3-4,7-8,11H,5-6,9-10H2,1-2H3. The minimum Gasteiger partial charge on any atom is -0.423 e. The zero-order valence-electron chi connectivity index (χ0n) is 12.2. The quantitative estimate of drug-likeness (QED) is 0.863. The lowest BCUT2D eigenvalue weighted by molar-refractivity contribution is 0.315. The first-order valence-corrected chi connectivity index (χ1v) is 8.83. The number of sulfonamides is 1. The number of rotatable bonds is 3. The van der Waals surface area contributed by atoms with Gasteiger partial charge in [0.05, 0.1) is 6.26 Å². The van der Waals surface area contributed by atoms with Crippen LogP contribution in [0.25, 0.3) is 11.1 Å². The number of hydrogen-bond acceptors (Lipinski definition) is 5. The van der Waals surface area contributed by atoms with Gasteiger partial charge < -0.3 is 9.32 Å². The topological polar surface area (TPSA) is 66.7 Å². The Kier molecular flexibility index (Phi) is 3.62. The van der Waals surface area contributed by atoms with Gasteiger partial charge in [-0.2, -0.15) is 4.98 Å². The van der Waals surface area contributed by atoms with Crippen LogP contribution in [0.15, 0.2) is 28.7 Å². The fraction of sp³-hybridized carbons (Fsp3) is 0.500. The number of oxazole rings is 1. The predicted octanol–water partition coefficient (Wildman–Crippen LogP) is 1.69. The van der Waals surface area contributed by atoms with E-state index in [4.69, 9.17) is 4.42 Å². The number of benzene rings is 1. The Morgan fingerprint density at radius 1 is 1.38 bits per heavy atom. The van der Waals surface area contributed by atoms with Crippen LogP contribution in [0.3, 0.4) is 0 Å². The third kappa shape index (κ3) is 2.89. The minimum atomic E-state index is -3.18. The molecule has 1 atom stereocenters. The van der Waals surface area contributed by atoms with Crippen LogP contribution in [0.2, 0.25) is 0 Å². The fourth-order valence-corrected chi connectivity index (χ4v) is 3.41. The fourth-order valence-electron chi connectivity index (χ4n) is 2.69. The Morgan fingerprint density at radius 3 is 2.86 bits per heavy atom. The Labute approximate surface area is 124 Å². The molecule has 114 valence electrons. The average Bonchev–Trinajstić information content (AvgIpc) is 2.89. The first kappa shape index (κ1) is 14.3. The summed E-state index contributed by atoms with van der Waals surface area (Å²) in [4.78, 5) is 6.51. The van der Waals surface area contributed by atoms with Crippen molar-refractivity contribution in [2.75, 3.05) is 31.3 Å². The highest BCUT2D eigenvalue weighted by Crippen LogP contribution is 2.26. The number of piperidine rings is 1. The van der Waals surface area contributed by atoms with E-state index in [-0.39, 0.29) is 6.04 Å². The second-order valence-electron chi connectivity index (χ2n) is 5.49. The maximum absolute atomic E-state index is 11.7. The molecule has 0 spiro atoms. The summed E-state index contributed by atoms with van der Waals surface area (Å²) in [5.41, 5.74) is 1.58. The molecular weight excluding hydrogens is 290 g/mol. The van der Waals surface area contributed by atoms with E-state index in [0.29, 0.717) is 12.6 Å². The highest BCUT2D eigenvalue weighted by molar-refractivity contribution is 7.88. The molecule has 1 aliphatic rings. The maximum Gasteiger partial charge on any atom is 0.298 e. The van der Waals surface area contributed by atoms with Crippen molar-refractivity contribution in [1.29, 1.82) is 0 Å². The molecule has 2 heterocycles. The zero-order valence-corrected chi connectivity index (χ0v) is 13.0. The molecule has 0 amide bonds. The molecule has 21 heavy (non-hydrogen) atoms. The van der Waals surface area contributed by atoms with Gasteiger partial charge in [0.2, 0.25) is 10.0 Å². The van der Waals surface area contributed by atoms with Crippen LogP contribution in [0.5, 0.6) is 0 Å². The van der Waals surface area contributed by atoms with Crippen molar-refractivity contribution in [3.8, 4) is 0 Å². The minimum absolute atomic E-state index is 0.0382. The predicted molar refractivity (Wildman–Crippen MR) is 81.9 cm³/mol. The third-order valence-corrected chi connectivity index (χ3v) is 5.33. The molecule has 1 aromatic carbocycles. The van der Waals surface area contributed by atoms with Gasteiger partial charge in [-0.25, -0.2) is 12.7 Å². The van der Waals surface area contributed by atoms with Gasteiger partial charge in [0, 0.05) is 26.2 Å². The molecule has 1 saturated heterocycles. The van der Waals surface area contributed by atoms with E-state index >= 15 is 0 Å². The summed E-state index contributed by atoms with van der Waals surface area (Å²) in [7, 11) is -1.54. The van der Waals surface area contributed by atoms with E-state index in [2.05, 4.69) is 4.98 Å². The van der Waals surface area contributed by atoms with Crippen LogP contribution in [-0.2, 0) is 10.0 Å². The number of fused-ring (bicyclic) bond motifs is 1. The molecule has 2 aromatic rings. The zero-order chi connectivity index (χ0) is 15.0. The van der Waals surface area contributed by atoms with E-state index in [9.17, 15) is 8.42 Å². The molecule has 7 heteroatoms. The molecule has 1 aliphatic heterocycles. The Bertz CT molecular complexity index is 708. The number of para-hydroxylation sites is 2. The second-order valence-corrected chi connectivity index (χ2v) is 7.53. The number of likely N-dealkylation sites (N-methyl/N-ethyl adjacent to an activating group) is 1. The van der Waals surface area contributed by atoms with Crippen LogP contribution in [-0.4, -0.2) is 50.1 Å². The van der Waals surface area contributed by atoms with Gasteiger partial charge in [-0.3, -0.25) is 0 Å². The Morgan fingerprint density at radius 2 is 2.14 bits per heavy atom. The first-order valence-electron chi connectivity index (χ1n) is 6.98. The van der Waals surface area contributed by atoms with Crippen molar-refractivity contribution in [1.82, 2.24) is 9.29 Å². The molecule has 1 aromatic heterocycles. The number of aromatic nitrogens is 1. The van der Waals surface area contributed by atoms with E-state index < -0.39 is 10.0 Å². The Hall–Kier alpha value is -1.60. The summed E-state index contributed by atoms with van der Waals surface area (Å²) >= 11 is 0. The van der Waals surface area contributed by atoms with Crippen molar-refractivity contribution in [3.63, 3.8) is 0 Å². The summed E-state index contributed by atoms with van der Waals surface area (Å²) in [6.07, 6.45) is 3.02. The summed E-state index contributed by atoms with van der Waals surface area (Å²) in [6.45, 7) is 1.44. The maximum atomic E-state index is 11.7. The van der Waals surface area contributed by atoms with Crippen molar-refractivity contribution in [2.45, 2.75) is 18.9 Å². The SMILES string of the molecule is CN(C1CCCN(c2nc3ccccc3o2)C1)S(C)(=O)=O. The van der Waals surface area contributed by atoms with Crippen molar-refractivity contribution >= 4 is 27.1 Å². The number of hydrogen-bond donors (Lipinski definition) is 0. The van der Waals surface area contributed by atoms with Gasteiger partial charge in [-0.05, 0) is 25.0 Å². The lowest BCUT2D eigenvalue weighted by Gasteiger charge is -2.35. The molecule has 1 fully saturated rings. The van der Waals surface area contributed by atoms with Gasteiger partial charge in [0.15, 0.2) is 5.58 Å². The lowest BCUT2D eigenvalue weighted by Crippen LogP contribution is -2.48. The van der Waals surface area contributed by atoms with Crippen LogP contribution >= 0.6 is 0 Å². The summed E-state index contributed by atoms with van der Waals surface area (Å²) in [5.74, 6) is 0. The molecule has 0 N–H and O–H groups in total. The molecule has 6 nitrogen and oxygen atoms in total. The second kappa shape index (κ2) is 5.31. The Balaban J connectivity index is 1.82. The number of anilines is 1. The van der Waals surface area contributed by atoms with Gasteiger partial charge in [0.25, 0.3) is 6.01 Å². The largest absolute Gasteiger partial charge is 0.423 e. The van der Waals surface area contributed by atoms with Gasteiger partial charge in [-0.15, -0.1) is 0 Å². The normalized spacial score (nSPS) is 20.3. The molecular formula is C14H19N3O3S. The van der Waals surface area contributed by atoms with Gasteiger partial charge in [0.1, 0.15) is 5.52 Å². The average molecular weight is 309 g/mol. The highest BCUT2D eigenvalue weighted by atomic mass is 32.2. The van der Waals surface area contributed by atoms with Crippen LogP contribution in [0, 0.1) is 0 Å². The molecule has 0 saturated carbocycles. The monoisotopic (exact) mass is 309 g/mol. The van der Waals surface area contributed by atoms with Crippen molar-refractivity contribution in [3.05, 3.63) is 24.3 Å². The number of nitrogens with zero attached hydrogens (tertiary/aromatic N) is 3. The van der Waals surface area contributed by atoms with E-state index in [1.54, 1.807) is 7.05 Å². The van der Waals surface area contributed by atoms with Gasteiger partial charge in [-0.1, -0.05) is 12.1 Å². The van der Waals surface area contributed by atoms with E-state index in [1.165, 1.54) is 10.6 Å². The third-order valence-electron chi connectivity index (χ3n) is 3.99. The van der Waals surface area contributed by atoms with E-state index in [1.807, 2.05) is 29.2 Å².